The Balaban J connectivity index is 2.15. The summed E-state index contributed by atoms with van der Waals surface area (Å²) in [6.45, 7) is 0.798. The van der Waals surface area contributed by atoms with E-state index in [1.807, 2.05) is 0 Å². The Labute approximate surface area is 76.8 Å². The highest BCUT2D eigenvalue weighted by atomic mass is 16.5. The van der Waals surface area contributed by atoms with Crippen molar-refractivity contribution in [3.63, 3.8) is 0 Å². The van der Waals surface area contributed by atoms with Gasteiger partial charge in [-0.05, 0) is 6.42 Å². The average Bonchev–Trinajstić information content (AvgIpc) is 2.16. The summed E-state index contributed by atoms with van der Waals surface area (Å²) in [5.74, 6) is -0.201. The van der Waals surface area contributed by atoms with E-state index < -0.39 is 0 Å². The van der Waals surface area contributed by atoms with E-state index in [9.17, 15) is 9.59 Å². The molecular weight excluding hydrogens is 172 g/mol. The van der Waals surface area contributed by atoms with Crippen LogP contribution in [-0.4, -0.2) is 38.1 Å². The van der Waals surface area contributed by atoms with Gasteiger partial charge in [-0.2, -0.15) is 0 Å². The number of carbonyl (C=O) groups is 2. The van der Waals surface area contributed by atoms with Crippen molar-refractivity contribution in [1.29, 1.82) is 0 Å². The topological polar surface area (TPSA) is 67.4 Å². The second-order valence-corrected chi connectivity index (χ2v) is 3.00. The van der Waals surface area contributed by atoms with E-state index in [0.717, 1.165) is 6.42 Å². The molecule has 1 atom stereocenters. The standard InChI is InChI=1S/C8H14N2O3/c1-13-8(12)5-9-6-2-3-7(11)10-4-6/h6,9H,2-5H2,1H3,(H,10,11). The zero-order chi connectivity index (χ0) is 9.68. The summed E-state index contributed by atoms with van der Waals surface area (Å²) in [5.41, 5.74) is 0. The molecule has 1 fully saturated rings. The van der Waals surface area contributed by atoms with Crippen LogP contribution in [0.5, 0.6) is 0 Å². The fourth-order valence-corrected chi connectivity index (χ4v) is 1.21. The third-order valence-electron chi connectivity index (χ3n) is 2.03. The van der Waals surface area contributed by atoms with Crippen molar-refractivity contribution in [2.75, 3.05) is 20.2 Å². The van der Waals surface area contributed by atoms with Gasteiger partial charge in [0.25, 0.3) is 0 Å². The van der Waals surface area contributed by atoms with E-state index in [2.05, 4.69) is 15.4 Å². The van der Waals surface area contributed by atoms with Crippen molar-refractivity contribution in [3.8, 4) is 0 Å². The summed E-state index contributed by atoms with van der Waals surface area (Å²) < 4.78 is 4.47. The Bertz CT molecular complexity index is 196. The predicted octanol–water partition coefficient (Wildman–Crippen LogP) is -0.972. The van der Waals surface area contributed by atoms with Gasteiger partial charge in [0, 0.05) is 19.0 Å². The number of carbonyl (C=O) groups excluding carboxylic acids is 2. The molecule has 0 aliphatic carbocycles. The molecule has 1 heterocycles. The molecule has 0 aromatic heterocycles. The Morgan fingerprint density at radius 2 is 2.54 bits per heavy atom. The van der Waals surface area contributed by atoms with Crippen LogP contribution < -0.4 is 10.6 Å². The van der Waals surface area contributed by atoms with Gasteiger partial charge in [0.05, 0.1) is 13.7 Å². The van der Waals surface area contributed by atoms with Gasteiger partial charge < -0.3 is 15.4 Å². The van der Waals surface area contributed by atoms with Crippen LogP contribution in [0, 0.1) is 0 Å². The molecule has 0 bridgehead atoms. The Kier molecular flexibility index (Phi) is 3.70. The molecule has 1 amide bonds. The van der Waals surface area contributed by atoms with Gasteiger partial charge >= 0.3 is 5.97 Å². The Morgan fingerprint density at radius 3 is 3.08 bits per heavy atom. The molecule has 1 saturated heterocycles. The SMILES string of the molecule is COC(=O)CNC1CCC(=O)NC1. The van der Waals surface area contributed by atoms with Crippen molar-refractivity contribution in [2.24, 2.45) is 0 Å². The summed E-state index contributed by atoms with van der Waals surface area (Å²) in [6.07, 6.45) is 1.31. The minimum Gasteiger partial charge on any atom is -0.468 e. The molecule has 0 aromatic carbocycles. The molecule has 1 aliphatic rings. The van der Waals surface area contributed by atoms with Gasteiger partial charge in [0.1, 0.15) is 0 Å². The van der Waals surface area contributed by atoms with Gasteiger partial charge in [-0.15, -0.1) is 0 Å². The lowest BCUT2D eigenvalue weighted by atomic mass is 10.1. The highest BCUT2D eigenvalue weighted by molar-refractivity contribution is 5.76. The van der Waals surface area contributed by atoms with Crippen LogP contribution in [0.15, 0.2) is 0 Å². The van der Waals surface area contributed by atoms with Gasteiger partial charge in [-0.3, -0.25) is 9.59 Å². The van der Waals surface area contributed by atoms with Crippen LogP contribution >= 0.6 is 0 Å². The Morgan fingerprint density at radius 1 is 1.77 bits per heavy atom. The van der Waals surface area contributed by atoms with Crippen LogP contribution in [0.3, 0.4) is 0 Å². The molecule has 1 rings (SSSR count). The predicted molar refractivity (Wildman–Crippen MR) is 46.1 cm³/mol. The van der Waals surface area contributed by atoms with Crippen molar-refractivity contribution < 1.29 is 14.3 Å². The molecule has 74 valence electrons. The first-order valence-electron chi connectivity index (χ1n) is 4.29. The first-order valence-corrected chi connectivity index (χ1v) is 4.29. The summed E-state index contributed by atoms with van der Waals surface area (Å²) in [6, 6.07) is 0.191. The second-order valence-electron chi connectivity index (χ2n) is 3.00. The van der Waals surface area contributed by atoms with Crippen LogP contribution in [0.25, 0.3) is 0 Å². The number of amides is 1. The lowest BCUT2D eigenvalue weighted by Crippen LogP contribution is -2.47. The summed E-state index contributed by atoms with van der Waals surface area (Å²) in [4.78, 5) is 21.5. The van der Waals surface area contributed by atoms with Crippen molar-refractivity contribution in [2.45, 2.75) is 18.9 Å². The van der Waals surface area contributed by atoms with Crippen molar-refractivity contribution in [3.05, 3.63) is 0 Å². The number of hydrogen-bond acceptors (Lipinski definition) is 4. The molecule has 0 saturated carbocycles. The van der Waals surface area contributed by atoms with Crippen molar-refractivity contribution in [1.82, 2.24) is 10.6 Å². The third kappa shape index (κ3) is 3.42. The van der Waals surface area contributed by atoms with E-state index in [1.54, 1.807) is 0 Å². The highest BCUT2D eigenvalue weighted by Crippen LogP contribution is 2.01. The van der Waals surface area contributed by atoms with E-state index in [4.69, 9.17) is 0 Å². The monoisotopic (exact) mass is 186 g/mol. The van der Waals surface area contributed by atoms with Crippen LogP contribution in [0.1, 0.15) is 12.8 Å². The number of hydrogen-bond donors (Lipinski definition) is 2. The van der Waals surface area contributed by atoms with Crippen LogP contribution in [-0.2, 0) is 14.3 Å². The number of piperidine rings is 1. The van der Waals surface area contributed by atoms with Gasteiger partial charge in [0.2, 0.25) is 5.91 Å². The van der Waals surface area contributed by atoms with Crippen LogP contribution in [0.2, 0.25) is 0 Å². The summed E-state index contributed by atoms with van der Waals surface area (Å²) in [5, 5.41) is 5.72. The molecule has 1 aliphatic heterocycles. The minimum atomic E-state index is -0.281. The number of rotatable bonds is 3. The normalized spacial score (nSPS) is 22.2. The molecule has 13 heavy (non-hydrogen) atoms. The molecule has 2 N–H and O–H groups in total. The smallest absolute Gasteiger partial charge is 0.319 e. The molecule has 0 aromatic rings. The lowest BCUT2D eigenvalue weighted by molar-refractivity contribution is -0.139. The van der Waals surface area contributed by atoms with Gasteiger partial charge in [-0.1, -0.05) is 0 Å². The van der Waals surface area contributed by atoms with Gasteiger partial charge in [-0.25, -0.2) is 0 Å². The largest absolute Gasteiger partial charge is 0.468 e. The maximum Gasteiger partial charge on any atom is 0.319 e. The molecular formula is C8H14N2O3. The zero-order valence-electron chi connectivity index (χ0n) is 7.63. The Hall–Kier alpha value is -1.10. The van der Waals surface area contributed by atoms with E-state index >= 15 is 0 Å². The fourth-order valence-electron chi connectivity index (χ4n) is 1.21. The highest BCUT2D eigenvalue weighted by Gasteiger charge is 2.17. The minimum absolute atomic E-state index is 0.0797. The number of nitrogens with one attached hydrogen (secondary N) is 2. The number of esters is 1. The first kappa shape index (κ1) is 9.98. The zero-order valence-corrected chi connectivity index (χ0v) is 7.63. The maximum absolute atomic E-state index is 10.8. The van der Waals surface area contributed by atoms with E-state index in [-0.39, 0.29) is 24.5 Å². The molecule has 0 spiro atoms. The quantitative estimate of drug-likeness (QED) is 0.556. The average molecular weight is 186 g/mol. The molecule has 0 radical (unpaired) electrons. The lowest BCUT2D eigenvalue weighted by Gasteiger charge is -2.22. The fraction of sp³-hybridized carbons (Fsp3) is 0.750. The third-order valence-corrected chi connectivity index (χ3v) is 2.03. The van der Waals surface area contributed by atoms with Crippen LogP contribution in [0.4, 0.5) is 0 Å². The summed E-state index contributed by atoms with van der Waals surface area (Å²) in [7, 11) is 1.35. The van der Waals surface area contributed by atoms with Gasteiger partial charge in [0.15, 0.2) is 0 Å². The summed E-state index contributed by atoms with van der Waals surface area (Å²) >= 11 is 0. The number of methoxy groups -OCH3 is 1. The number of ether oxygens (including phenoxy) is 1. The molecule has 5 nitrogen and oxygen atoms in total. The first-order chi connectivity index (χ1) is 6.22. The molecule has 5 heteroatoms. The second kappa shape index (κ2) is 4.81. The van der Waals surface area contributed by atoms with Crippen molar-refractivity contribution >= 4 is 11.9 Å². The molecule has 1 unspecified atom stereocenters. The van der Waals surface area contributed by atoms with E-state index in [1.165, 1.54) is 7.11 Å². The van der Waals surface area contributed by atoms with E-state index in [0.29, 0.717) is 13.0 Å². The maximum atomic E-state index is 10.8.